The van der Waals surface area contributed by atoms with Gasteiger partial charge in [0.25, 0.3) is 0 Å². The van der Waals surface area contributed by atoms with Gasteiger partial charge >= 0.3 is 0 Å². The van der Waals surface area contributed by atoms with Crippen molar-refractivity contribution in [2.75, 3.05) is 5.73 Å². The number of nitrogens with two attached hydrogens (primary N) is 1. The third-order valence-electron chi connectivity index (χ3n) is 3.15. The number of hydrogen-bond acceptors (Lipinski definition) is 2. The summed E-state index contributed by atoms with van der Waals surface area (Å²) in [6, 6.07) is 2.44. The fourth-order valence-corrected chi connectivity index (χ4v) is 2.09. The second kappa shape index (κ2) is 2.50. The van der Waals surface area contributed by atoms with Crippen LogP contribution in [-0.2, 0) is 0 Å². The molecular weight excluding hydrogens is 162 g/mol. The van der Waals surface area contributed by atoms with E-state index in [9.17, 15) is 0 Å². The van der Waals surface area contributed by atoms with Crippen molar-refractivity contribution in [1.29, 1.82) is 0 Å². The van der Waals surface area contributed by atoms with Crippen molar-refractivity contribution < 1.29 is 0 Å². The van der Waals surface area contributed by atoms with E-state index < -0.39 is 0 Å². The lowest BCUT2D eigenvalue weighted by molar-refractivity contribution is 0.0732. The third-order valence-corrected chi connectivity index (χ3v) is 3.15. The quantitative estimate of drug-likeness (QED) is 0.717. The Bertz CT molecular complexity index is 325. The highest BCUT2D eigenvalue weighted by Gasteiger charge is 2.40. The van der Waals surface area contributed by atoms with Crippen LogP contribution in [0.25, 0.3) is 0 Å². The lowest BCUT2D eigenvalue weighted by Crippen LogP contribution is -2.37. The average Bonchev–Trinajstić information content (AvgIpc) is 2.29. The molecule has 1 aliphatic carbocycles. The van der Waals surface area contributed by atoms with Gasteiger partial charge in [-0.25, -0.2) is 4.68 Å². The van der Waals surface area contributed by atoms with Gasteiger partial charge < -0.3 is 5.73 Å². The van der Waals surface area contributed by atoms with Crippen LogP contribution in [0.3, 0.4) is 0 Å². The van der Waals surface area contributed by atoms with Crippen molar-refractivity contribution >= 4 is 5.82 Å². The molecule has 1 unspecified atom stereocenters. The zero-order valence-corrected chi connectivity index (χ0v) is 8.54. The summed E-state index contributed by atoms with van der Waals surface area (Å²) in [6.45, 7) is 6.54. The minimum atomic E-state index is 0.368. The maximum absolute atomic E-state index is 5.87. The fraction of sp³-hybridized carbons (Fsp3) is 0.700. The molecule has 1 saturated carbocycles. The molecule has 0 radical (unpaired) electrons. The Morgan fingerprint density at radius 1 is 1.62 bits per heavy atom. The average molecular weight is 179 g/mol. The van der Waals surface area contributed by atoms with Crippen molar-refractivity contribution in [3.8, 4) is 0 Å². The molecule has 72 valence electrons. The highest BCUT2D eigenvalue weighted by molar-refractivity contribution is 5.31. The van der Waals surface area contributed by atoms with E-state index in [0.717, 1.165) is 11.5 Å². The van der Waals surface area contributed by atoms with Gasteiger partial charge in [-0.1, -0.05) is 13.8 Å². The Labute approximate surface area is 78.9 Å². The first-order valence-electron chi connectivity index (χ1n) is 4.82. The molecule has 1 fully saturated rings. The summed E-state index contributed by atoms with van der Waals surface area (Å²) in [5, 5.41) is 4.42. The molecule has 0 saturated heterocycles. The van der Waals surface area contributed by atoms with Gasteiger partial charge in [-0.3, -0.25) is 0 Å². The van der Waals surface area contributed by atoms with Crippen LogP contribution in [0, 0.1) is 12.3 Å². The van der Waals surface area contributed by atoms with Gasteiger partial charge in [0, 0.05) is 6.07 Å². The van der Waals surface area contributed by atoms with Crippen molar-refractivity contribution in [1.82, 2.24) is 9.78 Å². The smallest absolute Gasteiger partial charge is 0.122 e. The topological polar surface area (TPSA) is 43.8 Å². The molecule has 13 heavy (non-hydrogen) atoms. The number of aryl methyl sites for hydroxylation is 1. The summed E-state index contributed by atoms with van der Waals surface area (Å²) >= 11 is 0. The molecule has 1 aromatic heterocycles. The van der Waals surface area contributed by atoms with Gasteiger partial charge in [-0.2, -0.15) is 5.10 Å². The van der Waals surface area contributed by atoms with Crippen LogP contribution in [0.4, 0.5) is 5.82 Å². The highest BCUT2D eigenvalue weighted by atomic mass is 15.3. The van der Waals surface area contributed by atoms with E-state index in [2.05, 4.69) is 18.9 Å². The lowest BCUT2D eigenvalue weighted by atomic mass is 9.67. The Hall–Kier alpha value is -0.990. The van der Waals surface area contributed by atoms with Gasteiger partial charge in [0.1, 0.15) is 5.82 Å². The van der Waals surface area contributed by atoms with Crippen molar-refractivity contribution in [3.05, 3.63) is 11.8 Å². The number of rotatable bonds is 1. The van der Waals surface area contributed by atoms with Crippen LogP contribution in [0.15, 0.2) is 6.07 Å². The highest BCUT2D eigenvalue weighted by Crippen LogP contribution is 2.49. The van der Waals surface area contributed by atoms with E-state index in [1.54, 1.807) is 0 Å². The van der Waals surface area contributed by atoms with Gasteiger partial charge in [0.15, 0.2) is 0 Å². The second-order valence-corrected chi connectivity index (χ2v) is 4.70. The molecule has 0 aromatic carbocycles. The number of nitrogen functional groups attached to an aromatic ring is 1. The van der Waals surface area contributed by atoms with E-state index in [-0.39, 0.29) is 0 Å². The molecule has 3 nitrogen and oxygen atoms in total. The van der Waals surface area contributed by atoms with E-state index in [0.29, 0.717) is 11.5 Å². The van der Waals surface area contributed by atoms with E-state index >= 15 is 0 Å². The van der Waals surface area contributed by atoms with Crippen molar-refractivity contribution in [3.63, 3.8) is 0 Å². The van der Waals surface area contributed by atoms with Crippen molar-refractivity contribution in [2.45, 2.75) is 39.7 Å². The Kier molecular flexibility index (Phi) is 1.65. The number of nitrogens with zero attached hydrogens (tertiary/aromatic N) is 2. The first-order valence-corrected chi connectivity index (χ1v) is 4.82. The molecule has 0 aliphatic heterocycles. The summed E-state index contributed by atoms with van der Waals surface area (Å²) in [5.41, 5.74) is 7.26. The largest absolute Gasteiger partial charge is 0.384 e. The second-order valence-electron chi connectivity index (χ2n) is 4.70. The molecule has 0 bridgehead atoms. The normalized spacial score (nSPS) is 25.6. The Morgan fingerprint density at radius 2 is 2.31 bits per heavy atom. The third kappa shape index (κ3) is 1.23. The number of hydrogen-bond donors (Lipinski definition) is 1. The van der Waals surface area contributed by atoms with Gasteiger partial charge in [-0.15, -0.1) is 0 Å². The first-order chi connectivity index (χ1) is 6.00. The fourth-order valence-electron chi connectivity index (χ4n) is 2.09. The molecule has 0 amide bonds. The molecule has 1 atom stereocenters. The van der Waals surface area contributed by atoms with E-state index in [1.165, 1.54) is 12.8 Å². The summed E-state index contributed by atoms with van der Waals surface area (Å²) in [7, 11) is 0. The Balaban J connectivity index is 2.31. The molecule has 1 aromatic rings. The molecule has 3 heteroatoms. The standard InChI is InChI=1S/C10H17N3/c1-7-6-9(11)13(12-7)8-4-5-10(8,2)3/h6,8H,4-5,11H2,1-3H3. The van der Waals surface area contributed by atoms with Gasteiger partial charge in [-0.05, 0) is 25.2 Å². The summed E-state index contributed by atoms with van der Waals surface area (Å²) in [5.74, 6) is 0.801. The van der Waals surface area contributed by atoms with E-state index in [1.807, 2.05) is 17.7 Å². The molecule has 2 rings (SSSR count). The van der Waals surface area contributed by atoms with Crippen LogP contribution in [0.2, 0.25) is 0 Å². The van der Waals surface area contributed by atoms with Crippen LogP contribution >= 0.6 is 0 Å². The summed E-state index contributed by atoms with van der Waals surface area (Å²) in [6.07, 6.45) is 2.48. The minimum Gasteiger partial charge on any atom is -0.384 e. The van der Waals surface area contributed by atoms with Crippen LogP contribution in [0.5, 0.6) is 0 Å². The maximum atomic E-state index is 5.87. The van der Waals surface area contributed by atoms with Crippen LogP contribution < -0.4 is 5.73 Å². The predicted octanol–water partition coefficient (Wildman–Crippen LogP) is 2.13. The minimum absolute atomic E-state index is 0.368. The van der Waals surface area contributed by atoms with Crippen LogP contribution in [0.1, 0.15) is 38.4 Å². The maximum Gasteiger partial charge on any atom is 0.122 e. The summed E-state index contributed by atoms with van der Waals surface area (Å²) in [4.78, 5) is 0. The molecule has 1 heterocycles. The lowest BCUT2D eigenvalue weighted by Gasteiger charge is -2.44. The predicted molar refractivity (Wildman–Crippen MR) is 53.4 cm³/mol. The zero-order valence-electron chi connectivity index (χ0n) is 8.54. The summed E-state index contributed by atoms with van der Waals surface area (Å²) < 4.78 is 1.98. The first kappa shape index (κ1) is 8.60. The molecule has 0 spiro atoms. The van der Waals surface area contributed by atoms with Crippen LogP contribution in [-0.4, -0.2) is 9.78 Å². The SMILES string of the molecule is Cc1cc(N)n(C2CCC2(C)C)n1. The number of anilines is 1. The van der Waals surface area contributed by atoms with E-state index in [4.69, 9.17) is 5.73 Å². The molecule has 2 N–H and O–H groups in total. The van der Waals surface area contributed by atoms with Gasteiger partial charge in [0.05, 0.1) is 11.7 Å². The Morgan fingerprint density at radius 3 is 2.62 bits per heavy atom. The van der Waals surface area contributed by atoms with Crippen molar-refractivity contribution in [2.24, 2.45) is 5.41 Å². The molecule has 1 aliphatic rings. The monoisotopic (exact) mass is 179 g/mol. The van der Waals surface area contributed by atoms with Gasteiger partial charge in [0.2, 0.25) is 0 Å². The molecular formula is C10H17N3. The zero-order chi connectivity index (χ0) is 9.64. The number of aromatic nitrogens is 2.